The fraction of sp³-hybridized carbons (Fsp3) is 0.640. The number of rotatable bonds is 7. The molecule has 9 heteroatoms. The molecule has 0 radical (unpaired) electrons. The molecule has 2 aliphatic rings. The maximum Gasteiger partial charge on any atom is 0.317 e. The Labute approximate surface area is 201 Å². The summed E-state index contributed by atoms with van der Waals surface area (Å²) >= 11 is 0. The van der Waals surface area contributed by atoms with Gasteiger partial charge in [0, 0.05) is 42.7 Å². The van der Waals surface area contributed by atoms with Gasteiger partial charge in [0.1, 0.15) is 11.9 Å². The first kappa shape index (κ1) is 25.8. The molecule has 0 spiro atoms. The standard InChI is InChI=1S/C25H38N4O5/c1-15(2)26-25(33)28(5)13-22-16(3)12-29(17(4)14-30)23(31)11-19-10-20(8-9-21(19)34-22)27-24(32)18-6-7-18/h8-10,15-18,22,30H,6-7,11-14H2,1-5H3,(H,26,33)(H,27,32)/t16-,17+,22-/m0/s1. The lowest BCUT2D eigenvalue weighted by Gasteiger charge is -2.34. The van der Waals surface area contributed by atoms with E-state index in [2.05, 4.69) is 10.6 Å². The van der Waals surface area contributed by atoms with Gasteiger partial charge in [0.05, 0.1) is 25.6 Å². The summed E-state index contributed by atoms with van der Waals surface area (Å²) in [4.78, 5) is 41.2. The van der Waals surface area contributed by atoms with E-state index < -0.39 is 0 Å². The number of nitrogens with zero attached hydrogens (tertiary/aromatic N) is 2. The van der Waals surface area contributed by atoms with Gasteiger partial charge in [-0.1, -0.05) is 6.92 Å². The first-order valence-electron chi connectivity index (χ1n) is 12.1. The maximum absolute atomic E-state index is 13.2. The van der Waals surface area contributed by atoms with Crippen molar-refractivity contribution in [1.82, 2.24) is 15.1 Å². The molecule has 3 rings (SSSR count). The van der Waals surface area contributed by atoms with E-state index in [0.29, 0.717) is 30.1 Å². The summed E-state index contributed by atoms with van der Waals surface area (Å²) in [6, 6.07) is 4.82. The molecule has 1 aromatic rings. The number of carbonyl (C=O) groups excluding carboxylic acids is 3. The predicted octanol–water partition coefficient (Wildman–Crippen LogP) is 2.23. The molecule has 0 unspecified atom stereocenters. The van der Waals surface area contributed by atoms with Crippen LogP contribution < -0.4 is 15.4 Å². The van der Waals surface area contributed by atoms with Crippen LogP contribution in [0, 0.1) is 11.8 Å². The lowest BCUT2D eigenvalue weighted by Crippen LogP contribution is -2.49. The Hall–Kier alpha value is -2.81. The topological polar surface area (TPSA) is 111 Å². The fourth-order valence-corrected chi connectivity index (χ4v) is 4.03. The molecule has 1 aliphatic heterocycles. The molecule has 188 valence electrons. The van der Waals surface area contributed by atoms with Gasteiger partial charge in [-0.05, 0) is 51.8 Å². The lowest BCUT2D eigenvalue weighted by molar-refractivity contribution is -0.134. The third kappa shape index (κ3) is 6.62. The summed E-state index contributed by atoms with van der Waals surface area (Å²) in [5, 5.41) is 15.6. The fourth-order valence-electron chi connectivity index (χ4n) is 4.03. The van der Waals surface area contributed by atoms with Crippen LogP contribution in [0.1, 0.15) is 46.1 Å². The van der Waals surface area contributed by atoms with Crippen LogP contribution in [0.5, 0.6) is 5.75 Å². The average Bonchev–Trinajstić information content (AvgIpc) is 3.62. The van der Waals surface area contributed by atoms with Crippen LogP contribution in [0.3, 0.4) is 0 Å². The molecule has 0 bridgehead atoms. The molecule has 1 fully saturated rings. The Kier molecular flexibility index (Phi) is 8.41. The van der Waals surface area contributed by atoms with E-state index in [0.717, 1.165) is 12.8 Å². The molecule has 3 N–H and O–H groups in total. The Morgan fingerprint density at radius 1 is 1.26 bits per heavy atom. The van der Waals surface area contributed by atoms with Crippen LogP contribution >= 0.6 is 0 Å². The summed E-state index contributed by atoms with van der Waals surface area (Å²) in [6.45, 7) is 8.18. The molecular weight excluding hydrogens is 436 g/mol. The Balaban J connectivity index is 1.89. The van der Waals surface area contributed by atoms with E-state index in [1.54, 1.807) is 35.0 Å². The Morgan fingerprint density at radius 2 is 1.97 bits per heavy atom. The number of nitrogens with one attached hydrogen (secondary N) is 2. The zero-order chi connectivity index (χ0) is 25.0. The molecule has 1 heterocycles. The number of anilines is 1. The largest absolute Gasteiger partial charge is 0.488 e. The number of hydrogen-bond donors (Lipinski definition) is 3. The minimum atomic E-state index is -0.382. The first-order valence-corrected chi connectivity index (χ1v) is 12.1. The number of ether oxygens (including phenoxy) is 1. The number of hydrogen-bond acceptors (Lipinski definition) is 5. The minimum Gasteiger partial charge on any atom is -0.488 e. The molecule has 4 amide bonds. The highest BCUT2D eigenvalue weighted by molar-refractivity contribution is 5.94. The highest BCUT2D eigenvalue weighted by Crippen LogP contribution is 2.32. The van der Waals surface area contributed by atoms with Gasteiger partial charge in [0.15, 0.2) is 0 Å². The van der Waals surface area contributed by atoms with Gasteiger partial charge in [-0.3, -0.25) is 9.59 Å². The van der Waals surface area contributed by atoms with Crippen molar-refractivity contribution >= 4 is 23.5 Å². The van der Waals surface area contributed by atoms with E-state index in [1.165, 1.54) is 0 Å². The molecule has 34 heavy (non-hydrogen) atoms. The van der Waals surface area contributed by atoms with Crippen molar-refractivity contribution in [3.63, 3.8) is 0 Å². The second-order valence-electron chi connectivity index (χ2n) is 9.96. The third-order valence-corrected chi connectivity index (χ3v) is 6.34. The van der Waals surface area contributed by atoms with E-state index in [4.69, 9.17) is 4.74 Å². The van der Waals surface area contributed by atoms with Gasteiger partial charge in [0.2, 0.25) is 11.8 Å². The van der Waals surface area contributed by atoms with Gasteiger partial charge >= 0.3 is 6.03 Å². The molecule has 1 saturated carbocycles. The number of amides is 4. The number of aliphatic hydroxyl groups excluding tert-OH is 1. The second-order valence-corrected chi connectivity index (χ2v) is 9.96. The number of aliphatic hydroxyl groups is 1. The van der Waals surface area contributed by atoms with Crippen LogP contribution in [0.2, 0.25) is 0 Å². The molecule has 3 atom stereocenters. The zero-order valence-corrected chi connectivity index (χ0v) is 20.8. The first-order chi connectivity index (χ1) is 16.1. The van der Waals surface area contributed by atoms with Crippen LogP contribution in [0.4, 0.5) is 10.5 Å². The highest BCUT2D eigenvalue weighted by Gasteiger charge is 2.33. The van der Waals surface area contributed by atoms with E-state index in [9.17, 15) is 19.5 Å². The van der Waals surface area contributed by atoms with Gasteiger partial charge in [0.25, 0.3) is 0 Å². The maximum atomic E-state index is 13.2. The normalized spacial score (nSPS) is 21.5. The van der Waals surface area contributed by atoms with Crippen molar-refractivity contribution in [1.29, 1.82) is 0 Å². The van der Waals surface area contributed by atoms with E-state index in [-0.39, 0.29) is 60.9 Å². The van der Waals surface area contributed by atoms with Crippen LogP contribution in [0.15, 0.2) is 18.2 Å². The van der Waals surface area contributed by atoms with E-state index in [1.807, 2.05) is 27.7 Å². The minimum absolute atomic E-state index is 0.00456. The second kappa shape index (κ2) is 11.1. The molecule has 0 saturated heterocycles. The van der Waals surface area contributed by atoms with E-state index >= 15 is 0 Å². The van der Waals surface area contributed by atoms with Crippen LogP contribution in [0.25, 0.3) is 0 Å². The number of urea groups is 1. The average molecular weight is 475 g/mol. The summed E-state index contributed by atoms with van der Waals surface area (Å²) in [6.07, 6.45) is 1.52. The summed E-state index contributed by atoms with van der Waals surface area (Å²) in [7, 11) is 1.72. The van der Waals surface area contributed by atoms with Crippen molar-refractivity contribution in [2.24, 2.45) is 11.8 Å². The number of likely N-dealkylation sites (N-methyl/N-ethyl adjacent to an activating group) is 1. The van der Waals surface area contributed by atoms with Crippen LogP contribution in [-0.2, 0) is 16.0 Å². The monoisotopic (exact) mass is 474 g/mol. The van der Waals surface area contributed by atoms with Gasteiger partial charge in [-0.15, -0.1) is 0 Å². The van der Waals surface area contributed by atoms with Gasteiger partial charge < -0.3 is 30.3 Å². The quantitative estimate of drug-likeness (QED) is 0.561. The molecule has 0 aromatic heterocycles. The number of benzene rings is 1. The Bertz CT molecular complexity index is 901. The van der Waals surface area contributed by atoms with Crippen LogP contribution in [-0.4, -0.2) is 77.7 Å². The molecule has 1 aromatic carbocycles. The zero-order valence-electron chi connectivity index (χ0n) is 20.8. The number of fused-ring (bicyclic) bond motifs is 1. The Morgan fingerprint density at radius 3 is 2.59 bits per heavy atom. The van der Waals surface area contributed by atoms with Crippen molar-refractivity contribution in [3.05, 3.63) is 23.8 Å². The number of carbonyl (C=O) groups is 3. The molecular formula is C25H38N4O5. The van der Waals surface area contributed by atoms with Crippen molar-refractivity contribution in [2.75, 3.05) is 32.1 Å². The van der Waals surface area contributed by atoms with Crippen molar-refractivity contribution in [2.45, 2.75) is 65.1 Å². The summed E-state index contributed by atoms with van der Waals surface area (Å²) in [5.41, 5.74) is 1.30. The van der Waals surface area contributed by atoms with Crippen molar-refractivity contribution < 1.29 is 24.2 Å². The summed E-state index contributed by atoms with van der Waals surface area (Å²) < 4.78 is 6.41. The summed E-state index contributed by atoms with van der Waals surface area (Å²) in [5.74, 6) is 0.408. The molecule has 1 aliphatic carbocycles. The highest BCUT2D eigenvalue weighted by atomic mass is 16.5. The predicted molar refractivity (Wildman–Crippen MR) is 130 cm³/mol. The van der Waals surface area contributed by atoms with Crippen molar-refractivity contribution in [3.8, 4) is 5.75 Å². The molecule has 9 nitrogen and oxygen atoms in total. The lowest BCUT2D eigenvalue weighted by atomic mass is 10.0. The van der Waals surface area contributed by atoms with Gasteiger partial charge in [-0.25, -0.2) is 4.79 Å². The SMILES string of the molecule is CC(C)NC(=O)N(C)C[C@@H]1Oc2ccc(NC(=O)C3CC3)cc2CC(=O)N([C@H](C)CO)C[C@@H]1C. The third-order valence-electron chi connectivity index (χ3n) is 6.34. The smallest absolute Gasteiger partial charge is 0.317 e. The van der Waals surface area contributed by atoms with Gasteiger partial charge in [-0.2, -0.15) is 0 Å².